The lowest BCUT2D eigenvalue weighted by Crippen LogP contribution is -2.38. The van der Waals surface area contributed by atoms with Crippen LogP contribution in [0, 0.1) is 5.82 Å². The number of halogens is 2. The summed E-state index contributed by atoms with van der Waals surface area (Å²) in [6, 6.07) is 2.10. The zero-order valence-electron chi connectivity index (χ0n) is 11.2. The van der Waals surface area contributed by atoms with Gasteiger partial charge in [0, 0.05) is 17.1 Å². The first kappa shape index (κ1) is 16.4. The molecule has 108 valence electrons. The molecule has 4 nitrogen and oxygen atoms in total. The summed E-state index contributed by atoms with van der Waals surface area (Å²) in [4.78, 5) is -0.00597. The second-order valence-electron chi connectivity index (χ2n) is 4.27. The Labute approximate surface area is 122 Å². The number of benzene rings is 1. The molecule has 0 bridgehead atoms. The van der Waals surface area contributed by atoms with E-state index in [1.165, 1.54) is 4.31 Å². The van der Waals surface area contributed by atoms with Gasteiger partial charge in [-0.25, -0.2) is 12.8 Å². The number of sulfonamides is 1. The van der Waals surface area contributed by atoms with Crippen LogP contribution in [-0.2, 0) is 10.0 Å². The first-order valence-corrected chi connectivity index (χ1v) is 8.25. The van der Waals surface area contributed by atoms with Crippen molar-refractivity contribution in [1.29, 1.82) is 0 Å². The zero-order chi connectivity index (χ0) is 14.8. The Morgan fingerprint density at radius 1 is 1.42 bits per heavy atom. The minimum absolute atomic E-state index is 0.00597. The molecule has 0 spiro atoms. The molecule has 0 fully saturated rings. The zero-order valence-corrected chi connectivity index (χ0v) is 13.6. The van der Waals surface area contributed by atoms with E-state index < -0.39 is 15.8 Å². The van der Waals surface area contributed by atoms with Crippen LogP contribution in [0.25, 0.3) is 0 Å². The molecule has 0 aliphatic heterocycles. The molecule has 2 N–H and O–H groups in total. The number of nitrogens with two attached hydrogens (primary N) is 1. The van der Waals surface area contributed by atoms with E-state index in [1.807, 2.05) is 13.8 Å². The SMILES string of the molecule is CCC(C)N(CC)S(=O)(=O)c1cc(N)c(F)cc1Br. The van der Waals surface area contributed by atoms with Crippen molar-refractivity contribution in [1.82, 2.24) is 4.31 Å². The van der Waals surface area contributed by atoms with Gasteiger partial charge in [0.1, 0.15) is 5.82 Å². The molecule has 0 heterocycles. The van der Waals surface area contributed by atoms with Gasteiger partial charge in [-0.05, 0) is 41.4 Å². The quantitative estimate of drug-likeness (QED) is 0.828. The fourth-order valence-corrected chi connectivity index (χ4v) is 4.52. The topological polar surface area (TPSA) is 63.4 Å². The normalized spacial score (nSPS) is 13.8. The van der Waals surface area contributed by atoms with E-state index in [-0.39, 0.29) is 21.1 Å². The summed E-state index contributed by atoms with van der Waals surface area (Å²) in [6.45, 7) is 5.87. The average molecular weight is 353 g/mol. The fraction of sp³-hybridized carbons (Fsp3) is 0.500. The molecule has 1 aromatic carbocycles. The summed E-state index contributed by atoms with van der Waals surface area (Å²) in [5.41, 5.74) is 5.28. The van der Waals surface area contributed by atoms with Crippen LogP contribution in [0.4, 0.5) is 10.1 Å². The van der Waals surface area contributed by atoms with Gasteiger partial charge < -0.3 is 5.73 Å². The van der Waals surface area contributed by atoms with E-state index in [1.54, 1.807) is 6.92 Å². The molecule has 1 atom stereocenters. The summed E-state index contributed by atoms with van der Waals surface area (Å²) >= 11 is 3.08. The third kappa shape index (κ3) is 3.27. The first-order chi connectivity index (χ1) is 8.75. The molecule has 0 amide bonds. The molecule has 0 saturated heterocycles. The summed E-state index contributed by atoms with van der Waals surface area (Å²) < 4.78 is 40.0. The Kier molecular flexibility index (Phi) is 5.34. The third-order valence-corrected chi connectivity index (χ3v) is 6.08. The Morgan fingerprint density at radius 2 is 2.00 bits per heavy atom. The number of anilines is 1. The lowest BCUT2D eigenvalue weighted by Gasteiger charge is -2.26. The van der Waals surface area contributed by atoms with E-state index >= 15 is 0 Å². The number of nitrogens with zero attached hydrogens (tertiary/aromatic N) is 1. The second-order valence-corrected chi connectivity index (χ2v) is 6.98. The molecule has 1 aromatic rings. The monoisotopic (exact) mass is 352 g/mol. The first-order valence-electron chi connectivity index (χ1n) is 6.02. The van der Waals surface area contributed by atoms with E-state index in [2.05, 4.69) is 15.9 Å². The van der Waals surface area contributed by atoms with Crippen molar-refractivity contribution >= 4 is 31.6 Å². The van der Waals surface area contributed by atoms with Crippen molar-refractivity contribution in [3.05, 3.63) is 22.4 Å². The maximum absolute atomic E-state index is 13.3. The molecule has 0 aliphatic carbocycles. The van der Waals surface area contributed by atoms with Crippen molar-refractivity contribution in [2.75, 3.05) is 12.3 Å². The largest absolute Gasteiger partial charge is 0.396 e. The molecule has 1 unspecified atom stereocenters. The van der Waals surface area contributed by atoms with Crippen LogP contribution in [0.2, 0.25) is 0 Å². The summed E-state index contributed by atoms with van der Waals surface area (Å²) in [7, 11) is -3.69. The highest BCUT2D eigenvalue weighted by atomic mass is 79.9. The molecule has 0 aliphatic rings. The van der Waals surface area contributed by atoms with Crippen molar-refractivity contribution in [2.45, 2.75) is 38.1 Å². The van der Waals surface area contributed by atoms with Gasteiger partial charge in [-0.1, -0.05) is 13.8 Å². The fourth-order valence-electron chi connectivity index (χ4n) is 1.79. The van der Waals surface area contributed by atoms with Crippen molar-refractivity contribution in [3.63, 3.8) is 0 Å². The highest BCUT2D eigenvalue weighted by molar-refractivity contribution is 9.10. The summed E-state index contributed by atoms with van der Waals surface area (Å²) in [6.07, 6.45) is 0.696. The molecular weight excluding hydrogens is 335 g/mol. The Bertz CT molecular complexity index is 563. The molecule has 7 heteroatoms. The van der Waals surface area contributed by atoms with Gasteiger partial charge in [0.2, 0.25) is 10.0 Å². The van der Waals surface area contributed by atoms with Crippen LogP contribution in [0.3, 0.4) is 0 Å². The third-order valence-electron chi connectivity index (χ3n) is 3.03. The molecular formula is C12H18BrFN2O2S. The van der Waals surface area contributed by atoms with E-state index in [9.17, 15) is 12.8 Å². The van der Waals surface area contributed by atoms with Crippen molar-refractivity contribution in [2.24, 2.45) is 0 Å². The highest BCUT2D eigenvalue weighted by Gasteiger charge is 2.29. The van der Waals surface area contributed by atoms with Crippen LogP contribution in [-0.4, -0.2) is 25.3 Å². The number of hydrogen-bond donors (Lipinski definition) is 1. The highest BCUT2D eigenvalue weighted by Crippen LogP contribution is 2.30. The van der Waals surface area contributed by atoms with E-state index in [4.69, 9.17) is 5.73 Å². The van der Waals surface area contributed by atoms with Gasteiger partial charge in [0.25, 0.3) is 0 Å². The van der Waals surface area contributed by atoms with Crippen LogP contribution in [0.5, 0.6) is 0 Å². The van der Waals surface area contributed by atoms with Gasteiger partial charge in [-0.3, -0.25) is 0 Å². The van der Waals surface area contributed by atoms with Gasteiger partial charge in [-0.15, -0.1) is 0 Å². The lowest BCUT2D eigenvalue weighted by molar-refractivity contribution is 0.342. The summed E-state index contributed by atoms with van der Waals surface area (Å²) in [5.74, 6) is -0.641. The molecule has 0 radical (unpaired) electrons. The molecule has 19 heavy (non-hydrogen) atoms. The van der Waals surface area contributed by atoms with Crippen LogP contribution < -0.4 is 5.73 Å². The van der Waals surface area contributed by atoms with Gasteiger partial charge >= 0.3 is 0 Å². The maximum atomic E-state index is 13.3. The Hall–Kier alpha value is -0.660. The predicted octanol–water partition coefficient (Wildman–Crippen LogP) is 2.98. The lowest BCUT2D eigenvalue weighted by atomic mass is 10.3. The summed E-state index contributed by atoms with van der Waals surface area (Å²) in [5, 5.41) is 0. The van der Waals surface area contributed by atoms with Gasteiger partial charge in [0.05, 0.1) is 10.6 Å². The van der Waals surface area contributed by atoms with Crippen molar-refractivity contribution in [3.8, 4) is 0 Å². The average Bonchev–Trinajstić information content (AvgIpc) is 2.33. The van der Waals surface area contributed by atoms with Gasteiger partial charge in [-0.2, -0.15) is 4.31 Å². The Balaban J connectivity index is 3.38. The predicted molar refractivity (Wildman–Crippen MR) is 77.8 cm³/mol. The second kappa shape index (κ2) is 6.19. The molecule has 1 rings (SSSR count). The van der Waals surface area contributed by atoms with Crippen molar-refractivity contribution < 1.29 is 12.8 Å². The van der Waals surface area contributed by atoms with Crippen LogP contribution >= 0.6 is 15.9 Å². The minimum atomic E-state index is -3.69. The van der Waals surface area contributed by atoms with Gasteiger partial charge in [0.15, 0.2) is 0 Å². The minimum Gasteiger partial charge on any atom is -0.396 e. The Morgan fingerprint density at radius 3 is 2.47 bits per heavy atom. The smallest absolute Gasteiger partial charge is 0.244 e. The molecule has 0 saturated carbocycles. The maximum Gasteiger partial charge on any atom is 0.244 e. The standard InChI is InChI=1S/C12H18BrFN2O2S/c1-4-8(3)16(5-2)19(17,18)12-7-11(15)10(14)6-9(12)13/h6-8H,4-5,15H2,1-3H3. The van der Waals surface area contributed by atoms with E-state index in [0.717, 1.165) is 12.1 Å². The van der Waals surface area contributed by atoms with E-state index in [0.29, 0.717) is 13.0 Å². The van der Waals surface area contributed by atoms with Crippen LogP contribution in [0.1, 0.15) is 27.2 Å². The number of nitrogen functional groups attached to an aromatic ring is 1. The number of hydrogen-bond acceptors (Lipinski definition) is 3. The number of rotatable bonds is 5. The molecule has 0 aromatic heterocycles. The van der Waals surface area contributed by atoms with Crippen LogP contribution in [0.15, 0.2) is 21.5 Å².